The van der Waals surface area contributed by atoms with E-state index in [2.05, 4.69) is 0 Å². The summed E-state index contributed by atoms with van der Waals surface area (Å²) in [5, 5.41) is 29.0. The highest BCUT2D eigenvalue weighted by molar-refractivity contribution is 5.95. The molecular weight excluding hydrogens is 298 g/mol. The van der Waals surface area contributed by atoms with Gasteiger partial charge in [-0.05, 0) is 18.2 Å². The quantitative estimate of drug-likeness (QED) is 0.589. The number of carbonyl (C=O) groups excluding carboxylic acids is 1. The third kappa shape index (κ3) is 3.90. The van der Waals surface area contributed by atoms with Crippen LogP contribution in [-0.2, 0) is 6.18 Å². The van der Waals surface area contributed by atoms with E-state index in [0.29, 0.717) is 18.2 Å². The van der Waals surface area contributed by atoms with Gasteiger partial charge in [-0.15, -0.1) is 0 Å². The fraction of sp³-hybridized carbons (Fsp3) is 0.417. The Bertz CT molecular complexity index is 506. The maximum Gasteiger partial charge on any atom is 0.416 e. The Morgan fingerprint density at radius 3 is 2.05 bits per heavy atom. The van der Waals surface area contributed by atoms with Crippen molar-refractivity contribution < 1.29 is 37.7 Å². The van der Waals surface area contributed by atoms with E-state index in [1.165, 1.54) is 0 Å². The molecule has 0 bridgehead atoms. The molecule has 0 fully saturated rings. The van der Waals surface area contributed by atoms with E-state index in [1.54, 1.807) is 0 Å². The van der Waals surface area contributed by atoms with E-state index in [1.807, 2.05) is 5.32 Å². The Kier molecular flexibility index (Phi) is 5.26. The molecule has 1 amide bonds. The number of aliphatic hydroxyl groups is 3. The summed E-state index contributed by atoms with van der Waals surface area (Å²) in [7, 11) is 0. The number of nitrogens with one attached hydrogen (secondary N) is 1. The van der Waals surface area contributed by atoms with Crippen molar-refractivity contribution in [3.63, 3.8) is 0 Å². The van der Waals surface area contributed by atoms with Crippen molar-refractivity contribution in [1.82, 2.24) is 5.32 Å². The third-order valence-electron chi connectivity index (χ3n) is 2.83. The number of rotatable bonds is 5. The van der Waals surface area contributed by atoms with Crippen LogP contribution < -0.4 is 5.32 Å². The number of alkyl halides is 3. The maximum atomic E-state index is 13.5. The van der Waals surface area contributed by atoms with Crippen molar-refractivity contribution in [2.75, 3.05) is 19.8 Å². The summed E-state index contributed by atoms with van der Waals surface area (Å²) in [6, 6.07) is 1.27. The van der Waals surface area contributed by atoms with Crippen LogP contribution in [0.2, 0.25) is 0 Å². The Morgan fingerprint density at radius 2 is 1.62 bits per heavy atom. The number of hydrogen-bond acceptors (Lipinski definition) is 4. The topological polar surface area (TPSA) is 89.8 Å². The van der Waals surface area contributed by atoms with Crippen LogP contribution in [0.5, 0.6) is 0 Å². The van der Waals surface area contributed by atoms with Gasteiger partial charge in [0, 0.05) is 0 Å². The Hall–Kier alpha value is -1.71. The smallest absolute Gasteiger partial charge is 0.394 e. The first-order valence-corrected chi connectivity index (χ1v) is 5.71. The van der Waals surface area contributed by atoms with E-state index in [-0.39, 0.29) is 0 Å². The Balaban J connectivity index is 3.13. The van der Waals surface area contributed by atoms with Crippen molar-refractivity contribution in [1.29, 1.82) is 0 Å². The summed E-state index contributed by atoms with van der Waals surface area (Å²) < 4.78 is 51.1. The van der Waals surface area contributed by atoms with Crippen molar-refractivity contribution in [2.45, 2.75) is 11.7 Å². The van der Waals surface area contributed by atoms with Gasteiger partial charge in [0.15, 0.2) is 0 Å². The largest absolute Gasteiger partial charge is 0.416 e. The summed E-state index contributed by atoms with van der Waals surface area (Å²) in [5.74, 6) is -2.50. The first kappa shape index (κ1) is 17.3. The summed E-state index contributed by atoms with van der Waals surface area (Å²) in [5.41, 5.74) is -4.00. The highest BCUT2D eigenvalue weighted by atomic mass is 19.4. The fourth-order valence-electron chi connectivity index (χ4n) is 1.45. The standard InChI is InChI=1S/C12H13F4NO4/c13-9-2-1-7(12(14,15)16)3-8(9)10(21)17-11(4-18,5-19)6-20/h1-3,18-20H,4-6H2,(H,17,21). The summed E-state index contributed by atoms with van der Waals surface area (Å²) in [6.07, 6.45) is -4.76. The molecule has 0 saturated carbocycles. The zero-order chi connectivity index (χ0) is 16.3. The van der Waals surface area contributed by atoms with Gasteiger partial charge in [-0.1, -0.05) is 0 Å². The summed E-state index contributed by atoms with van der Waals surface area (Å²) in [4.78, 5) is 11.8. The van der Waals surface area contributed by atoms with Crippen molar-refractivity contribution in [2.24, 2.45) is 0 Å². The number of halogens is 4. The minimum Gasteiger partial charge on any atom is -0.394 e. The molecule has 0 atom stereocenters. The number of aliphatic hydroxyl groups excluding tert-OH is 3. The van der Waals surface area contributed by atoms with Crippen molar-refractivity contribution >= 4 is 5.91 Å². The zero-order valence-corrected chi connectivity index (χ0v) is 10.6. The van der Waals surface area contributed by atoms with Crippen molar-refractivity contribution in [3.8, 4) is 0 Å². The second kappa shape index (κ2) is 6.37. The average Bonchev–Trinajstić information content (AvgIpc) is 2.44. The molecule has 0 aromatic heterocycles. The van der Waals surface area contributed by atoms with E-state index in [0.717, 1.165) is 0 Å². The summed E-state index contributed by atoms with van der Waals surface area (Å²) >= 11 is 0. The van der Waals surface area contributed by atoms with Crippen LogP contribution in [-0.4, -0.2) is 46.6 Å². The molecule has 5 nitrogen and oxygen atoms in total. The van der Waals surface area contributed by atoms with Crippen LogP contribution >= 0.6 is 0 Å². The molecule has 0 radical (unpaired) electrons. The van der Waals surface area contributed by atoms with Crippen molar-refractivity contribution in [3.05, 3.63) is 35.1 Å². The molecule has 0 saturated heterocycles. The lowest BCUT2D eigenvalue weighted by atomic mass is 10.0. The molecule has 0 heterocycles. The predicted octanol–water partition coefficient (Wildman–Crippen LogP) is 0.290. The van der Waals surface area contributed by atoms with Crippen LogP contribution in [0, 0.1) is 5.82 Å². The number of carbonyl (C=O) groups is 1. The fourth-order valence-corrected chi connectivity index (χ4v) is 1.45. The summed E-state index contributed by atoms with van der Waals surface area (Å²) in [6.45, 7) is -2.65. The molecule has 1 aromatic carbocycles. The molecule has 21 heavy (non-hydrogen) atoms. The SMILES string of the molecule is O=C(NC(CO)(CO)CO)c1cc(C(F)(F)F)ccc1F. The van der Waals surface area contributed by atoms with Crippen LogP contribution in [0.25, 0.3) is 0 Å². The highest BCUT2D eigenvalue weighted by Gasteiger charge is 2.34. The second-order valence-electron chi connectivity index (χ2n) is 4.40. The molecule has 0 unspecified atom stereocenters. The van der Waals surface area contributed by atoms with Gasteiger partial charge in [0.05, 0.1) is 30.9 Å². The van der Waals surface area contributed by atoms with Gasteiger partial charge in [-0.3, -0.25) is 4.79 Å². The van der Waals surface area contributed by atoms with Gasteiger partial charge in [0.25, 0.3) is 5.91 Å². The van der Waals surface area contributed by atoms with E-state index >= 15 is 0 Å². The van der Waals surface area contributed by atoms with Crippen LogP contribution in [0.1, 0.15) is 15.9 Å². The highest BCUT2D eigenvalue weighted by Crippen LogP contribution is 2.30. The minimum absolute atomic E-state index is 0.307. The predicted molar refractivity (Wildman–Crippen MR) is 62.9 cm³/mol. The number of hydrogen-bond donors (Lipinski definition) is 4. The molecule has 0 aliphatic heterocycles. The molecule has 9 heteroatoms. The van der Waals surface area contributed by atoms with E-state index in [4.69, 9.17) is 15.3 Å². The zero-order valence-electron chi connectivity index (χ0n) is 10.6. The molecule has 118 valence electrons. The molecule has 0 aliphatic carbocycles. The van der Waals surface area contributed by atoms with Gasteiger partial charge in [-0.25, -0.2) is 4.39 Å². The van der Waals surface area contributed by atoms with Gasteiger partial charge in [0.2, 0.25) is 0 Å². The van der Waals surface area contributed by atoms with Gasteiger partial charge < -0.3 is 20.6 Å². The third-order valence-corrected chi connectivity index (χ3v) is 2.83. The minimum atomic E-state index is -4.76. The van der Waals surface area contributed by atoms with E-state index in [9.17, 15) is 22.4 Å². The lowest BCUT2D eigenvalue weighted by molar-refractivity contribution is -0.137. The first-order chi connectivity index (χ1) is 9.69. The van der Waals surface area contributed by atoms with Crippen LogP contribution in [0.4, 0.5) is 17.6 Å². The van der Waals surface area contributed by atoms with Crippen LogP contribution in [0.3, 0.4) is 0 Å². The van der Waals surface area contributed by atoms with Gasteiger partial charge in [0.1, 0.15) is 11.4 Å². The monoisotopic (exact) mass is 311 g/mol. The molecular formula is C12H13F4NO4. The lowest BCUT2D eigenvalue weighted by Crippen LogP contribution is -2.57. The number of amides is 1. The molecule has 1 aromatic rings. The second-order valence-corrected chi connectivity index (χ2v) is 4.40. The molecule has 0 spiro atoms. The Labute approximate surface area is 116 Å². The molecule has 4 N–H and O–H groups in total. The van der Waals surface area contributed by atoms with E-state index < -0.39 is 54.4 Å². The first-order valence-electron chi connectivity index (χ1n) is 5.71. The van der Waals surface area contributed by atoms with Gasteiger partial charge >= 0.3 is 6.18 Å². The molecule has 1 rings (SSSR count). The lowest BCUT2D eigenvalue weighted by Gasteiger charge is -2.28. The number of benzene rings is 1. The molecule has 0 aliphatic rings. The average molecular weight is 311 g/mol. The van der Waals surface area contributed by atoms with Gasteiger partial charge in [-0.2, -0.15) is 13.2 Å². The normalized spacial score (nSPS) is 12.3. The maximum absolute atomic E-state index is 13.5. The van der Waals surface area contributed by atoms with Crippen LogP contribution in [0.15, 0.2) is 18.2 Å². The Morgan fingerprint density at radius 1 is 1.10 bits per heavy atom.